The molecule has 0 spiro atoms. The van der Waals surface area contributed by atoms with E-state index in [1.807, 2.05) is 13.3 Å². The maximum absolute atomic E-state index is 13.4. The van der Waals surface area contributed by atoms with Crippen molar-refractivity contribution in [2.24, 2.45) is 0 Å². The van der Waals surface area contributed by atoms with Gasteiger partial charge in [-0.25, -0.2) is 8.42 Å². The van der Waals surface area contributed by atoms with Crippen molar-refractivity contribution in [3.05, 3.63) is 53.6 Å². The van der Waals surface area contributed by atoms with Crippen molar-refractivity contribution in [3.63, 3.8) is 0 Å². The quantitative estimate of drug-likeness (QED) is 0.296. The highest BCUT2D eigenvalue weighted by Gasteiger charge is 2.35. The minimum atomic E-state index is -4.68. The molecule has 41 heavy (non-hydrogen) atoms. The number of hydrogen-bond acceptors (Lipinski definition) is 7. The van der Waals surface area contributed by atoms with E-state index in [9.17, 15) is 31.2 Å². The molecule has 1 aliphatic rings. The minimum absolute atomic E-state index is 0.0714. The standard InChI is InChI=1S/C28H37F3N4O4S2/c1-18(2)34(3)20-6-8-21(9-7-20)35(17-41(38,39)23-12-10-22(40-4)11-13-23)26(36)16-33-27(37)24-15-19(28(29,30)31)5-14-25(24)32/h5,10-15,18,20-21H,6-9,16-17,32H2,1-4H3,(H,33,37). The molecule has 0 atom stereocenters. The first-order chi connectivity index (χ1) is 19.1. The first kappa shape index (κ1) is 32.7. The molecule has 0 bridgehead atoms. The zero-order valence-electron chi connectivity index (χ0n) is 23.6. The Labute approximate surface area is 243 Å². The van der Waals surface area contributed by atoms with E-state index in [0.29, 0.717) is 31.0 Å². The number of nitrogen functional groups attached to an aromatic ring is 1. The third-order valence-electron chi connectivity index (χ3n) is 7.57. The van der Waals surface area contributed by atoms with Crippen LogP contribution in [0.1, 0.15) is 55.5 Å². The molecule has 13 heteroatoms. The molecular weight excluding hydrogens is 577 g/mol. The van der Waals surface area contributed by atoms with Crippen molar-refractivity contribution in [2.75, 3.05) is 31.5 Å². The predicted octanol–water partition coefficient (Wildman–Crippen LogP) is 4.65. The number of carbonyl (C=O) groups is 2. The van der Waals surface area contributed by atoms with Crippen molar-refractivity contribution >= 4 is 39.1 Å². The Morgan fingerprint density at radius 1 is 1.05 bits per heavy atom. The number of nitrogens with two attached hydrogens (primary N) is 1. The van der Waals surface area contributed by atoms with Gasteiger partial charge in [0.15, 0.2) is 9.84 Å². The van der Waals surface area contributed by atoms with Crippen LogP contribution in [0.5, 0.6) is 0 Å². The molecule has 0 saturated heterocycles. The molecule has 1 aliphatic carbocycles. The summed E-state index contributed by atoms with van der Waals surface area (Å²) in [6.45, 7) is 3.59. The fourth-order valence-electron chi connectivity index (χ4n) is 4.90. The van der Waals surface area contributed by atoms with Crippen LogP contribution >= 0.6 is 11.8 Å². The van der Waals surface area contributed by atoms with E-state index in [1.165, 1.54) is 28.8 Å². The second-order valence-electron chi connectivity index (χ2n) is 10.5. The van der Waals surface area contributed by atoms with Crippen molar-refractivity contribution in [1.29, 1.82) is 0 Å². The SMILES string of the molecule is CSc1ccc(S(=O)(=O)CN(C(=O)CNC(=O)c2cc(C(F)(F)F)ccc2N)C2CCC(N(C)C(C)C)CC2)cc1. The number of nitrogens with one attached hydrogen (secondary N) is 1. The molecule has 3 rings (SSSR count). The maximum Gasteiger partial charge on any atom is 0.416 e. The lowest BCUT2D eigenvalue weighted by Crippen LogP contribution is -2.50. The van der Waals surface area contributed by atoms with E-state index >= 15 is 0 Å². The highest BCUT2D eigenvalue weighted by atomic mass is 32.2. The monoisotopic (exact) mass is 614 g/mol. The Kier molecular flexibility index (Phi) is 10.8. The van der Waals surface area contributed by atoms with Crippen LogP contribution in [-0.4, -0.2) is 73.9 Å². The summed E-state index contributed by atoms with van der Waals surface area (Å²) in [5.74, 6) is -2.19. The maximum atomic E-state index is 13.4. The molecule has 0 unspecified atom stereocenters. The topological polar surface area (TPSA) is 113 Å². The van der Waals surface area contributed by atoms with Gasteiger partial charge in [0.05, 0.1) is 22.6 Å². The third-order valence-corrected chi connectivity index (χ3v) is 9.92. The number of anilines is 1. The van der Waals surface area contributed by atoms with Gasteiger partial charge in [-0.05, 0) is 95.3 Å². The summed E-state index contributed by atoms with van der Waals surface area (Å²) in [5.41, 5.74) is 4.09. The van der Waals surface area contributed by atoms with Crippen LogP contribution in [0, 0.1) is 0 Å². The number of benzene rings is 2. The van der Waals surface area contributed by atoms with E-state index in [1.54, 1.807) is 12.1 Å². The lowest BCUT2D eigenvalue weighted by molar-refractivity contribution is -0.137. The number of alkyl halides is 3. The average Bonchev–Trinajstić information content (AvgIpc) is 2.93. The molecule has 0 heterocycles. The number of carbonyl (C=O) groups excluding carboxylic acids is 2. The van der Waals surface area contributed by atoms with Crippen LogP contribution in [0.2, 0.25) is 0 Å². The molecule has 3 N–H and O–H groups in total. The number of hydrogen-bond donors (Lipinski definition) is 2. The van der Waals surface area contributed by atoms with Crippen LogP contribution in [0.3, 0.4) is 0 Å². The summed E-state index contributed by atoms with van der Waals surface area (Å²) in [4.78, 5) is 30.7. The molecule has 8 nitrogen and oxygen atoms in total. The van der Waals surface area contributed by atoms with Gasteiger partial charge in [0, 0.05) is 28.7 Å². The molecule has 2 aromatic rings. The highest BCUT2D eigenvalue weighted by molar-refractivity contribution is 7.98. The second-order valence-corrected chi connectivity index (χ2v) is 13.3. The number of amides is 2. The number of thioether (sulfide) groups is 1. The smallest absolute Gasteiger partial charge is 0.398 e. The number of nitrogens with zero attached hydrogens (tertiary/aromatic N) is 2. The van der Waals surface area contributed by atoms with Crippen molar-refractivity contribution in [2.45, 2.75) is 73.6 Å². The van der Waals surface area contributed by atoms with Gasteiger partial charge in [0.2, 0.25) is 5.91 Å². The van der Waals surface area contributed by atoms with Gasteiger partial charge in [-0.1, -0.05) is 0 Å². The fourth-order valence-corrected chi connectivity index (χ4v) is 6.73. The number of sulfone groups is 1. The molecule has 0 aliphatic heterocycles. The van der Waals surface area contributed by atoms with E-state index < -0.39 is 51.4 Å². The zero-order chi connectivity index (χ0) is 30.5. The summed E-state index contributed by atoms with van der Waals surface area (Å²) in [5, 5.41) is 2.34. The lowest BCUT2D eigenvalue weighted by atomic mass is 9.89. The van der Waals surface area contributed by atoms with Crippen LogP contribution in [0.25, 0.3) is 0 Å². The first-order valence-corrected chi connectivity index (χ1v) is 16.1. The molecule has 0 radical (unpaired) electrons. The molecule has 2 aromatic carbocycles. The van der Waals surface area contributed by atoms with Crippen LogP contribution < -0.4 is 11.1 Å². The lowest BCUT2D eigenvalue weighted by Gasteiger charge is -2.40. The summed E-state index contributed by atoms with van der Waals surface area (Å²) >= 11 is 1.47. The van der Waals surface area contributed by atoms with E-state index in [-0.39, 0.29) is 16.6 Å². The van der Waals surface area contributed by atoms with Crippen molar-refractivity contribution in [1.82, 2.24) is 15.1 Å². The van der Waals surface area contributed by atoms with E-state index in [0.717, 1.165) is 29.9 Å². The van der Waals surface area contributed by atoms with Gasteiger partial charge in [0.25, 0.3) is 5.91 Å². The summed E-state index contributed by atoms with van der Waals surface area (Å²) in [6.07, 6.45) is -0.137. The first-order valence-electron chi connectivity index (χ1n) is 13.3. The highest BCUT2D eigenvalue weighted by Crippen LogP contribution is 2.31. The summed E-state index contributed by atoms with van der Waals surface area (Å²) < 4.78 is 66.2. The van der Waals surface area contributed by atoms with Crippen molar-refractivity contribution < 1.29 is 31.2 Å². The third kappa shape index (κ3) is 8.39. The van der Waals surface area contributed by atoms with Crippen LogP contribution in [0.4, 0.5) is 18.9 Å². The number of rotatable bonds is 10. The van der Waals surface area contributed by atoms with E-state index in [2.05, 4.69) is 24.1 Å². The Bertz CT molecular complexity index is 1330. The fraction of sp³-hybridized carbons (Fsp3) is 0.500. The van der Waals surface area contributed by atoms with Crippen molar-refractivity contribution in [3.8, 4) is 0 Å². The Morgan fingerprint density at radius 3 is 2.17 bits per heavy atom. The van der Waals surface area contributed by atoms with Gasteiger partial charge < -0.3 is 20.9 Å². The Balaban J connectivity index is 1.80. The van der Waals surface area contributed by atoms with Crippen LogP contribution in [0.15, 0.2) is 52.3 Å². The predicted molar refractivity (Wildman–Crippen MR) is 154 cm³/mol. The molecule has 0 aromatic heterocycles. The molecule has 226 valence electrons. The molecule has 2 amide bonds. The molecule has 1 saturated carbocycles. The van der Waals surface area contributed by atoms with Gasteiger partial charge in [-0.15, -0.1) is 11.8 Å². The molecular formula is C28H37F3N4O4S2. The van der Waals surface area contributed by atoms with Gasteiger partial charge in [0.1, 0.15) is 5.88 Å². The average molecular weight is 615 g/mol. The number of halogens is 3. The largest absolute Gasteiger partial charge is 0.416 e. The van der Waals surface area contributed by atoms with Gasteiger partial charge in [-0.2, -0.15) is 13.2 Å². The molecule has 1 fully saturated rings. The second kappa shape index (κ2) is 13.5. The summed E-state index contributed by atoms with van der Waals surface area (Å²) in [7, 11) is -1.88. The normalized spacial score (nSPS) is 18.0. The van der Waals surface area contributed by atoms with Crippen LogP contribution in [-0.2, 0) is 20.8 Å². The summed E-state index contributed by atoms with van der Waals surface area (Å²) in [6, 6.07) is 8.99. The van der Waals surface area contributed by atoms with Gasteiger partial charge in [-0.3, -0.25) is 9.59 Å². The Hall–Kier alpha value is -2.77. The Morgan fingerprint density at radius 2 is 1.63 bits per heavy atom. The van der Waals surface area contributed by atoms with Gasteiger partial charge >= 0.3 is 6.18 Å². The zero-order valence-corrected chi connectivity index (χ0v) is 25.2. The minimum Gasteiger partial charge on any atom is -0.398 e. The van der Waals surface area contributed by atoms with E-state index in [4.69, 9.17) is 5.73 Å².